The molecule has 1 heterocycles. The average Bonchev–Trinajstić information content (AvgIpc) is 3.07. The third-order valence-corrected chi connectivity index (χ3v) is 4.53. The minimum atomic E-state index is -4.69. The van der Waals surface area contributed by atoms with Gasteiger partial charge in [0.15, 0.2) is 0 Å². The summed E-state index contributed by atoms with van der Waals surface area (Å²) in [5, 5.41) is 10.9. The number of nitrogens with zero attached hydrogens (tertiary/aromatic N) is 2. The predicted molar refractivity (Wildman–Crippen MR) is 87.0 cm³/mol. The molecule has 8 heteroatoms. The quantitative estimate of drug-likeness (QED) is 0.777. The molecule has 1 unspecified atom stereocenters. The maximum atomic E-state index is 13.2. The van der Waals surface area contributed by atoms with E-state index in [-0.39, 0.29) is 30.7 Å². The van der Waals surface area contributed by atoms with E-state index in [0.717, 1.165) is 12.1 Å². The Balaban J connectivity index is 2.20. The maximum absolute atomic E-state index is 13.2. The minimum absolute atomic E-state index is 0.0696. The second-order valence-electron chi connectivity index (χ2n) is 6.60. The molecule has 2 aromatic rings. The molecule has 0 fully saturated rings. The van der Waals surface area contributed by atoms with Crippen molar-refractivity contribution >= 4 is 5.91 Å². The Kier molecular flexibility index (Phi) is 5.85. The van der Waals surface area contributed by atoms with Gasteiger partial charge in [0.1, 0.15) is 12.1 Å². The van der Waals surface area contributed by atoms with Crippen LogP contribution < -0.4 is 0 Å². The van der Waals surface area contributed by atoms with Gasteiger partial charge in [-0.05, 0) is 36.5 Å². The maximum Gasteiger partial charge on any atom is 0.416 e. The molecule has 0 saturated carbocycles. The highest BCUT2D eigenvalue weighted by atomic mass is 19.4. The van der Waals surface area contributed by atoms with Crippen molar-refractivity contribution in [2.75, 3.05) is 0 Å². The number of hydrogen-bond donors (Lipinski definition) is 1. The number of aromatic nitrogens is 2. The molecule has 0 aliphatic carbocycles. The molecule has 0 aliphatic heterocycles. The predicted octanol–water partition coefficient (Wildman–Crippen LogP) is 4.09. The van der Waals surface area contributed by atoms with E-state index < -0.39 is 29.1 Å². The summed E-state index contributed by atoms with van der Waals surface area (Å²) in [6.45, 7) is 3.38. The molecular weight excluding hydrogens is 352 g/mol. The lowest BCUT2D eigenvalue weighted by Crippen LogP contribution is -2.39. The van der Waals surface area contributed by atoms with E-state index >= 15 is 0 Å². The SMILES string of the molecule is CC(C)C(O)(CCc1ccc(F)cc1C(F)(F)F)CC(=O)n1ccnc1. The largest absolute Gasteiger partial charge is 0.416 e. The Morgan fingerprint density at radius 3 is 2.54 bits per heavy atom. The van der Waals surface area contributed by atoms with Crippen LogP contribution in [0.1, 0.15) is 42.6 Å². The van der Waals surface area contributed by atoms with Gasteiger partial charge in [-0.3, -0.25) is 9.36 Å². The van der Waals surface area contributed by atoms with Gasteiger partial charge in [0, 0.05) is 12.4 Å². The standard InChI is InChI=1S/C18H20F4N2O2/c1-12(2)17(26,10-16(25)24-8-7-23-11-24)6-5-13-3-4-14(19)9-15(13)18(20,21)22/h3-4,7-9,11-12,26H,5-6,10H2,1-2H3. The Labute approximate surface area is 148 Å². The van der Waals surface area contributed by atoms with Gasteiger partial charge in [-0.25, -0.2) is 9.37 Å². The van der Waals surface area contributed by atoms with E-state index in [1.165, 1.54) is 23.3 Å². The third-order valence-electron chi connectivity index (χ3n) is 4.53. The summed E-state index contributed by atoms with van der Waals surface area (Å²) < 4.78 is 53.7. The Morgan fingerprint density at radius 2 is 2.00 bits per heavy atom. The first-order valence-corrected chi connectivity index (χ1v) is 8.12. The summed E-state index contributed by atoms with van der Waals surface area (Å²) >= 11 is 0. The van der Waals surface area contributed by atoms with Gasteiger partial charge >= 0.3 is 6.18 Å². The highest BCUT2D eigenvalue weighted by Gasteiger charge is 2.37. The number of imidazole rings is 1. The monoisotopic (exact) mass is 372 g/mol. The second kappa shape index (κ2) is 7.57. The van der Waals surface area contributed by atoms with E-state index in [0.29, 0.717) is 6.07 Å². The van der Waals surface area contributed by atoms with Crippen LogP contribution in [0, 0.1) is 11.7 Å². The van der Waals surface area contributed by atoms with E-state index in [9.17, 15) is 27.5 Å². The first kappa shape index (κ1) is 20.1. The van der Waals surface area contributed by atoms with Crippen LogP contribution >= 0.6 is 0 Å². The first-order valence-electron chi connectivity index (χ1n) is 8.12. The number of aliphatic hydroxyl groups is 1. The van der Waals surface area contributed by atoms with Crippen LogP contribution in [0.3, 0.4) is 0 Å². The number of aryl methyl sites for hydroxylation is 1. The highest BCUT2D eigenvalue weighted by Crippen LogP contribution is 2.35. The van der Waals surface area contributed by atoms with Crippen LogP contribution in [0.25, 0.3) is 0 Å². The molecule has 0 spiro atoms. The number of carbonyl (C=O) groups is 1. The molecule has 4 nitrogen and oxygen atoms in total. The van der Waals surface area contributed by atoms with Crippen LogP contribution in [0.4, 0.5) is 17.6 Å². The molecule has 0 bridgehead atoms. The summed E-state index contributed by atoms with van der Waals surface area (Å²) in [5.74, 6) is -1.76. The van der Waals surface area contributed by atoms with Crippen molar-refractivity contribution < 1.29 is 27.5 Å². The zero-order chi connectivity index (χ0) is 19.5. The van der Waals surface area contributed by atoms with Crippen molar-refractivity contribution in [1.29, 1.82) is 0 Å². The summed E-state index contributed by atoms with van der Waals surface area (Å²) in [5.41, 5.74) is -2.68. The smallest absolute Gasteiger partial charge is 0.389 e. The van der Waals surface area contributed by atoms with Gasteiger partial charge in [-0.2, -0.15) is 13.2 Å². The molecular formula is C18H20F4N2O2. The molecule has 1 aromatic carbocycles. The van der Waals surface area contributed by atoms with Crippen molar-refractivity contribution in [3.05, 3.63) is 53.9 Å². The Bertz CT molecular complexity index is 757. The summed E-state index contributed by atoms with van der Waals surface area (Å²) in [6, 6.07) is 2.46. The molecule has 1 aromatic heterocycles. The Hall–Kier alpha value is -2.22. The highest BCUT2D eigenvalue weighted by molar-refractivity contribution is 5.79. The van der Waals surface area contributed by atoms with Gasteiger partial charge in [0.2, 0.25) is 5.91 Å². The van der Waals surface area contributed by atoms with E-state index in [4.69, 9.17) is 0 Å². The zero-order valence-electron chi connectivity index (χ0n) is 14.4. The normalized spacial score (nSPS) is 14.5. The molecule has 26 heavy (non-hydrogen) atoms. The second-order valence-corrected chi connectivity index (χ2v) is 6.60. The number of carbonyl (C=O) groups excluding carboxylic acids is 1. The van der Waals surface area contributed by atoms with Crippen molar-refractivity contribution in [3.63, 3.8) is 0 Å². The van der Waals surface area contributed by atoms with Gasteiger partial charge in [0.25, 0.3) is 0 Å². The molecule has 2 rings (SSSR count). The van der Waals surface area contributed by atoms with Gasteiger partial charge < -0.3 is 5.11 Å². The van der Waals surface area contributed by atoms with E-state index in [1.54, 1.807) is 13.8 Å². The zero-order valence-corrected chi connectivity index (χ0v) is 14.4. The molecule has 0 amide bonds. The molecule has 0 saturated heterocycles. The topological polar surface area (TPSA) is 55.1 Å². The molecule has 1 N–H and O–H groups in total. The number of rotatable bonds is 6. The van der Waals surface area contributed by atoms with Crippen LogP contribution in [-0.2, 0) is 12.6 Å². The fourth-order valence-electron chi connectivity index (χ4n) is 2.72. The third kappa shape index (κ3) is 4.69. The van der Waals surface area contributed by atoms with Crippen LogP contribution in [0.2, 0.25) is 0 Å². The lowest BCUT2D eigenvalue weighted by atomic mass is 9.81. The Morgan fingerprint density at radius 1 is 1.31 bits per heavy atom. The number of hydrogen-bond acceptors (Lipinski definition) is 3. The fraction of sp³-hybridized carbons (Fsp3) is 0.444. The van der Waals surface area contributed by atoms with Crippen molar-refractivity contribution in [2.24, 2.45) is 5.92 Å². The molecule has 0 radical (unpaired) electrons. The molecule has 142 valence electrons. The number of alkyl halides is 3. The molecule has 1 atom stereocenters. The summed E-state index contributed by atoms with van der Waals surface area (Å²) in [6.07, 6.45) is -1.01. The average molecular weight is 372 g/mol. The van der Waals surface area contributed by atoms with Crippen molar-refractivity contribution in [1.82, 2.24) is 9.55 Å². The van der Waals surface area contributed by atoms with Crippen LogP contribution in [0.5, 0.6) is 0 Å². The number of benzene rings is 1. The van der Waals surface area contributed by atoms with Gasteiger partial charge in [-0.1, -0.05) is 19.9 Å². The number of halogens is 4. The van der Waals surface area contributed by atoms with Crippen molar-refractivity contribution in [3.8, 4) is 0 Å². The lowest BCUT2D eigenvalue weighted by Gasteiger charge is -2.32. The molecule has 0 aliphatic rings. The first-order chi connectivity index (χ1) is 12.0. The summed E-state index contributed by atoms with van der Waals surface area (Å²) in [4.78, 5) is 16.0. The van der Waals surface area contributed by atoms with Gasteiger partial charge in [-0.15, -0.1) is 0 Å². The van der Waals surface area contributed by atoms with E-state index in [2.05, 4.69) is 4.98 Å². The summed E-state index contributed by atoms with van der Waals surface area (Å²) in [7, 11) is 0. The van der Waals surface area contributed by atoms with Gasteiger partial charge in [0.05, 0.1) is 17.6 Å². The van der Waals surface area contributed by atoms with Crippen LogP contribution in [0.15, 0.2) is 36.9 Å². The van der Waals surface area contributed by atoms with E-state index in [1.807, 2.05) is 0 Å². The fourth-order valence-corrected chi connectivity index (χ4v) is 2.72. The van der Waals surface area contributed by atoms with Crippen molar-refractivity contribution in [2.45, 2.75) is 44.9 Å². The lowest BCUT2D eigenvalue weighted by molar-refractivity contribution is -0.138. The van der Waals surface area contributed by atoms with Crippen LogP contribution in [-0.4, -0.2) is 26.2 Å². The minimum Gasteiger partial charge on any atom is -0.389 e.